The van der Waals surface area contributed by atoms with Gasteiger partial charge in [0, 0.05) is 12.7 Å². The molecule has 0 spiro atoms. The van der Waals surface area contributed by atoms with Crippen molar-refractivity contribution >= 4 is 34.2 Å². The summed E-state index contributed by atoms with van der Waals surface area (Å²) in [6.45, 7) is 0.115. The number of rotatable bonds is 7. The molecule has 1 aromatic carbocycles. The number of aromatic nitrogens is 1. The zero-order valence-corrected chi connectivity index (χ0v) is 15.7. The molecular formula is C16H15ClF2INO3. The number of halogens is 4. The van der Waals surface area contributed by atoms with E-state index in [4.69, 9.17) is 21.1 Å². The molecule has 0 aliphatic heterocycles. The molecule has 24 heavy (non-hydrogen) atoms. The Labute approximate surface area is 156 Å². The van der Waals surface area contributed by atoms with Gasteiger partial charge < -0.3 is 14.0 Å². The maximum absolute atomic E-state index is 12.8. The lowest BCUT2D eigenvalue weighted by Gasteiger charge is -2.15. The van der Waals surface area contributed by atoms with Crippen molar-refractivity contribution in [1.82, 2.24) is 4.57 Å². The van der Waals surface area contributed by atoms with E-state index in [9.17, 15) is 13.6 Å². The maximum Gasteiger partial charge on any atom is 0.264 e. The van der Waals surface area contributed by atoms with E-state index >= 15 is 0 Å². The van der Waals surface area contributed by atoms with Crippen LogP contribution in [-0.2, 0) is 11.3 Å². The molecular weight excluding hydrogens is 455 g/mol. The fraction of sp³-hybridized carbons (Fsp3) is 0.312. The molecule has 1 heterocycles. The Balaban J connectivity index is 2.41. The average Bonchev–Trinajstić information content (AvgIpc) is 2.53. The van der Waals surface area contributed by atoms with E-state index < -0.39 is 18.5 Å². The van der Waals surface area contributed by atoms with Gasteiger partial charge in [-0.2, -0.15) is 0 Å². The first kappa shape index (κ1) is 19.1. The first-order valence-corrected chi connectivity index (χ1v) is 8.49. The predicted molar refractivity (Wildman–Crippen MR) is 97.2 cm³/mol. The van der Waals surface area contributed by atoms with Gasteiger partial charge in [-0.3, -0.25) is 4.79 Å². The first-order valence-electron chi connectivity index (χ1n) is 7.03. The van der Waals surface area contributed by atoms with Crippen molar-refractivity contribution in [3.8, 4) is 17.0 Å². The Morgan fingerprint density at radius 1 is 1.25 bits per heavy atom. The van der Waals surface area contributed by atoms with Crippen molar-refractivity contribution in [1.29, 1.82) is 0 Å². The van der Waals surface area contributed by atoms with Crippen LogP contribution in [0.1, 0.15) is 0 Å². The second-order valence-electron chi connectivity index (χ2n) is 4.86. The summed E-state index contributed by atoms with van der Waals surface area (Å²) >= 11 is 8.08. The second-order valence-corrected chi connectivity index (χ2v) is 6.43. The van der Waals surface area contributed by atoms with Gasteiger partial charge in [0.25, 0.3) is 12.0 Å². The molecule has 0 unspecified atom stereocenters. The summed E-state index contributed by atoms with van der Waals surface area (Å²) in [6.07, 6.45) is -2.64. The Morgan fingerprint density at radius 3 is 2.62 bits per heavy atom. The Kier molecular flexibility index (Phi) is 7.00. The highest BCUT2D eigenvalue weighted by atomic mass is 127. The van der Waals surface area contributed by atoms with Gasteiger partial charge in [0.15, 0.2) is 0 Å². The highest BCUT2D eigenvalue weighted by molar-refractivity contribution is 14.1. The third kappa shape index (κ3) is 4.67. The second kappa shape index (κ2) is 8.77. The smallest absolute Gasteiger partial charge is 0.264 e. The molecule has 0 saturated carbocycles. The Morgan fingerprint density at radius 2 is 2.00 bits per heavy atom. The standard InChI is InChI=1S/C16H15ClF2INO3/c1-23-6-7-24-10-2-3-11(12(17)8-10)14-5-4-13(20)16(22)21(14)9-15(18)19/h2-5,8,15H,6-7,9H2,1H3. The van der Waals surface area contributed by atoms with Gasteiger partial charge in [0.1, 0.15) is 12.4 Å². The fourth-order valence-corrected chi connectivity index (χ4v) is 2.88. The lowest BCUT2D eigenvalue weighted by molar-refractivity contribution is 0.125. The maximum atomic E-state index is 12.8. The molecule has 1 aromatic heterocycles. The molecule has 0 fully saturated rings. The number of nitrogens with zero attached hydrogens (tertiary/aromatic N) is 1. The van der Waals surface area contributed by atoms with Crippen LogP contribution in [0.3, 0.4) is 0 Å². The molecule has 0 radical (unpaired) electrons. The summed E-state index contributed by atoms with van der Waals surface area (Å²) in [4.78, 5) is 12.2. The summed E-state index contributed by atoms with van der Waals surface area (Å²) in [5.41, 5.74) is 0.365. The van der Waals surface area contributed by atoms with Gasteiger partial charge in [-0.15, -0.1) is 0 Å². The molecule has 2 rings (SSSR count). The quantitative estimate of drug-likeness (QED) is 0.454. The predicted octanol–water partition coefficient (Wildman–Crippen LogP) is 4.06. The van der Waals surface area contributed by atoms with Gasteiger partial charge in [0.2, 0.25) is 0 Å². The minimum atomic E-state index is -2.64. The molecule has 0 saturated heterocycles. The average molecular weight is 470 g/mol. The molecule has 2 aromatic rings. The van der Waals surface area contributed by atoms with Crippen LogP contribution in [0.5, 0.6) is 5.75 Å². The first-order chi connectivity index (χ1) is 11.4. The number of benzene rings is 1. The van der Waals surface area contributed by atoms with Crippen LogP contribution in [0.15, 0.2) is 35.1 Å². The van der Waals surface area contributed by atoms with Crippen LogP contribution in [0.2, 0.25) is 5.02 Å². The number of hydrogen-bond acceptors (Lipinski definition) is 3. The van der Waals surface area contributed by atoms with Crippen LogP contribution < -0.4 is 10.3 Å². The van der Waals surface area contributed by atoms with Crippen LogP contribution >= 0.6 is 34.2 Å². The zero-order valence-electron chi connectivity index (χ0n) is 12.8. The highest BCUT2D eigenvalue weighted by Gasteiger charge is 2.16. The van der Waals surface area contributed by atoms with Gasteiger partial charge in [-0.05, 0) is 52.9 Å². The van der Waals surface area contributed by atoms with Crippen LogP contribution in [0.4, 0.5) is 8.78 Å². The van der Waals surface area contributed by atoms with E-state index in [1.807, 2.05) is 22.6 Å². The third-order valence-corrected chi connectivity index (χ3v) is 4.35. The lowest BCUT2D eigenvalue weighted by Crippen LogP contribution is -2.26. The molecule has 4 nitrogen and oxygen atoms in total. The zero-order chi connectivity index (χ0) is 17.7. The van der Waals surface area contributed by atoms with Crippen LogP contribution in [0.25, 0.3) is 11.3 Å². The van der Waals surface area contributed by atoms with Gasteiger partial charge >= 0.3 is 0 Å². The summed E-state index contributed by atoms with van der Waals surface area (Å²) < 4.78 is 37.4. The minimum absolute atomic E-state index is 0.313. The summed E-state index contributed by atoms with van der Waals surface area (Å²) in [7, 11) is 1.57. The number of ether oxygens (including phenoxy) is 2. The number of pyridine rings is 1. The van der Waals surface area contributed by atoms with Crippen LogP contribution in [0, 0.1) is 3.57 Å². The Bertz CT molecular complexity index is 767. The number of hydrogen-bond donors (Lipinski definition) is 0. The molecule has 0 bridgehead atoms. The van der Waals surface area contributed by atoms with Gasteiger partial charge in [-0.1, -0.05) is 11.6 Å². The third-order valence-electron chi connectivity index (χ3n) is 3.22. The molecule has 0 N–H and O–H groups in total. The van der Waals surface area contributed by atoms with E-state index in [0.29, 0.717) is 38.8 Å². The molecule has 0 aliphatic rings. The highest BCUT2D eigenvalue weighted by Crippen LogP contribution is 2.31. The van der Waals surface area contributed by atoms with E-state index in [0.717, 1.165) is 4.57 Å². The van der Waals surface area contributed by atoms with Crippen LogP contribution in [-0.4, -0.2) is 31.3 Å². The molecule has 8 heteroatoms. The molecule has 130 valence electrons. The monoisotopic (exact) mass is 469 g/mol. The minimum Gasteiger partial charge on any atom is -0.491 e. The summed E-state index contributed by atoms with van der Waals surface area (Å²) in [5, 5.41) is 0.313. The largest absolute Gasteiger partial charge is 0.491 e. The van der Waals surface area contributed by atoms with E-state index in [1.165, 1.54) is 0 Å². The van der Waals surface area contributed by atoms with Crippen molar-refractivity contribution < 1.29 is 18.3 Å². The summed E-state index contributed by atoms with van der Waals surface area (Å²) in [6, 6.07) is 8.10. The van der Waals surface area contributed by atoms with E-state index in [-0.39, 0.29) is 0 Å². The van der Waals surface area contributed by atoms with E-state index in [2.05, 4.69) is 0 Å². The number of methoxy groups -OCH3 is 1. The lowest BCUT2D eigenvalue weighted by atomic mass is 10.1. The van der Waals surface area contributed by atoms with Gasteiger partial charge in [0.05, 0.1) is 27.4 Å². The normalized spacial score (nSPS) is 11.1. The van der Waals surface area contributed by atoms with Crippen molar-refractivity contribution in [3.05, 3.63) is 49.3 Å². The van der Waals surface area contributed by atoms with Gasteiger partial charge in [-0.25, -0.2) is 8.78 Å². The number of alkyl halides is 2. The van der Waals surface area contributed by atoms with E-state index in [1.54, 1.807) is 37.4 Å². The molecule has 0 amide bonds. The summed E-state index contributed by atoms with van der Waals surface area (Å²) in [5.74, 6) is 0.536. The van der Waals surface area contributed by atoms with Crippen molar-refractivity contribution in [2.24, 2.45) is 0 Å². The van der Waals surface area contributed by atoms with Crippen molar-refractivity contribution in [2.75, 3.05) is 20.3 Å². The van der Waals surface area contributed by atoms with Crippen molar-refractivity contribution in [2.45, 2.75) is 13.0 Å². The molecule has 0 atom stereocenters. The van der Waals surface area contributed by atoms with Crippen molar-refractivity contribution in [3.63, 3.8) is 0 Å². The SMILES string of the molecule is COCCOc1ccc(-c2ccc(I)c(=O)n2CC(F)F)c(Cl)c1. The Hall–Kier alpha value is -1.19. The topological polar surface area (TPSA) is 40.5 Å². The fourth-order valence-electron chi connectivity index (χ4n) is 2.14. The molecule has 0 aliphatic carbocycles.